The second-order valence-electron chi connectivity index (χ2n) is 6.78. The van der Waals surface area contributed by atoms with E-state index in [-0.39, 0.29) is 43.0 Å². The molecule has 1 N–H and O–H groups in total. The second-order valence-corrected chi connectivity index (χ2v) is 8.43. The number of hydrogen-bond acceptors (Lipinski definition) is 4. The molecule has 1 heterocycles. The largest absolute Gasteiger partial charge is 0.337 e. The number of Topliss-reactive ketones (excluding diaryl/α,β-unsaturated/α-hetero) is 1. The summed E-state index contributed by atoms with van der Waals surface area (Å²) in [6.45, 7) is 5.69. The molecule has 1 aromatic rings. The number of aliphatic imine (C=N–C) groups is 1. The van der Waals surface area contributed by atoms with Crippen molar-refractivity contribution in [2.75, 3.05) is 0 Å². The van der Waals surface area contributed by atoms with Crippen molar-refractivity contribution in [1.82, 2.24) is 4.72 Å². The van der Waals surface area contributed by atoms with Crippen LogP contribution in [0.2, 0.25) is 0 Å². The molecule has 1 fully saturated rings. The molecule has 0 bridgehead atoms. The van der Waals surface area contributed by atoms with Crippen LogP contribution in [-0.4, -0.2) is 26.1 Å². The van der Waals surface area contributed by atoms with Crippen LogP contribution in [-0.2, 0) is 35.9 Å². The van der Waals surface area contributed by atoms with Crippen molar-refractivity contribution in [2.24, 2.45) is 10.4 Å². The number of rotatable bonds is 4. The van der Waals surface area contributed by atoms with Crippen LogP contribution >= 0.6 is 0 Å². The van der Waals surface area contributed by atoms with E-state index in [0.29, 0.717) is 12.0 Å². The van der Waals surface area contributed by atoms with Crippen molar-refractivity contribution >= 4 is 21.6 Å². The Balaban J connectivity index is 0.00000208. The van der Waals surface area contributed by atoms with Gasteiger partial charge in [-0.25, -0.2) is 8.42 Å². The average Bonchev–Trinajstić information content (AvgIpc) is 3.01. The van der Waals surface area contributed by atoms with E-state index in [1.807, 2.05) is 0 Å². The van der Waals surface area contributed by atoms with Crippen LogP contribution in [0.15, 0.2) is 34.2 Å². The molecule has 1 aliphatic heterocycles. The van der Waals surface area contributed by atoms with Gasteiger partial charge in [-0.3, -0.25) is 9.71 Å². The minimum atomic E-state index is -3.58. The zero-order chi connectivity index (χ0) is 16.7. The molecule has 24 heavy (non-hydrogen) atoms. The molecule has 5 nitrogen and oxygen atoms in total. The second kappa shape index (κ2) is 7.01. The van der Waals surface area contributed by atoms with Gasteiger partial charge < -0.3 is 11.7 Å². The maximum Gasteiger partial charge on any atom is 0.263 e. The summed E-state index contributed by atoms with van der Waals surface area (Å²) in [5.74, 6) is -0.0154. The summed E-state index contributed by atoms with van der Waals surface area (Å²) in [6, 6.07) is 6.07. The summed E-state index contributed by atoms with van der Waals surface area (Å²) in [4.78, 5) is 16.6. The molecule has 1 atom stereocenters. The van der Waals surface area contributed by atoms with Crippen LogP contribution in [0.25, 0.3) is 0 Å². The number of carbonyl (C=O) groups excluding carboxylic acids is 1. The van der Waals surface area contributed by atoms with Crippen LogP contribution in [0.5, 0.6) is 0 Å². The Labute approximate surface area is 157 Å². The first-order valence-corrected chi connectivity index (χ1v) is 9.35. The normalized spacial score (nSPS) is 23.1. The third-order valence-electron chi connectivity index (χ3n) is 4.82. The topological polar surface area (TPSA) is 75.6 Å². The molecule has 0 spiro atoms. The summed E-state index contributed by atoms with van der Waals surface area (Å²) in [7, 11) is -3.58. The number of hydrogen-bond donors (Lipinski definition) is 1. The van der Waals surface area contributed by atoms with Gasteiger partial charge in [0.2, 0.25) is 0 Å². The summed E-state index contributed by atoms with van der Waals surface area (Å²) in [6.07, 6.45) is 5.10. The molecule has 0 saturated heterocycles. The summed E-state index contributed by atoms with van der Waals surface area (Å²) < 4.78 is 26.7. The van der Waals surface area contributed by atoms with Crippen molar-refractivity contribution in [3.63, 3.8) is 0 Å². The van der Waals surface area contributed by atoms with E-state index in [1.54, 1.807) is 24.3 Å². The fourth-order valence-corrected chi connectivity index (χ4v) is 4.76. The van der Waals surface area contributed by atoms with Gasteiger partial charge in [0, 0.05) is 32.4 Å². The zero-order valence-electron chi connectivity index (χ0n) is 13.6. The van der Waals surface area contributed by atoms with Crippen molar-refractivity contribution in [2.45, 2.75) is 50.0 Å². The minimum absolute atomic E-state index is 0. The van der Waals surface area contributed by atoms with Gasteiger partial charge in [-0.2, -0.15) is 0 Å². The van der Waals surface area contributed by atoms with E-state index in [4.69, 9.17) is 0 Å². The Hall–Kier alpha value is -1.13. The van der Waals surface area contributed by atoms with Crippen molar-refractivity contribution in [3.8, 4) is 0 Å². The number of nitrogens with one attached hydrogen (secondary N) is 1. The van der Waals surface area contributed by atoms with Gasteiger partial charge in [-0.15, -0.1) is 0 Å². The molecule has 3 rings (SSSR count). The molecule has 0 amide bonds. The Morgan fingerprint density at radius 3 is 2.58 bits per heavy atom. The number of fused-ring (bicyclic) bond motifs is 1. The van der Waals surface area contributed by atoms with E-state index in [1.165, 1.54) is 12.8 Å². The van der Waals surface area contributed by atoms with Gasteiger partial charge in [-0.1, -0.05) is 31.9 Å². The molecular formula is C17H21N2O3SW-. The quantitative estimate of drug-likeness (QED) is 0.624. The summed E-state index contributed by atoms with van der Waals surface area (Å²) in [5, 5.41) is 0. The SMILES string of the molecule is [CH2-]C(=O)[C@H](CC1(C)CCCC1)N=C1NS(=O)(=O)c2ccccc21.[W]. The number of benzene rings is 1. The first-order chi connectivity index (χ1) is 10.8. The predicted octanol–water partition coefficient (Wildman–Crippen LogP) is 2.46. The number of sulfonamides is 1. The maximum absolute atomic E-state index is 12.1. The Bertz CT molecular complexity index is 768. The molecule has 1 aromatic carbocycles. The van der Waals surface area contributed by atoms with Gasteiger partial charge in [0.25, 0.3) is 10.0 Å². The summed E-state index contributed by atoms with van der Waals surface area (Å²) >= 11 is 0. The third-order valence-corrected chi connectivity index (χ3v) is 6.21. The fourth-order valence-electron chi connectivity index (χ4n) is 3.52. The molecule has 130 valence electrons. The minimum Gasteiger partial charge on any atom is -0.337 e. The van der Waals surface area contributed by atoms with Crippen molar-refractivity contribution in [1.29, 1.82) is 0 Å². The smallest absolute Gasteiger partial charge is 0.263 e. The molecule has 1 saturated carbocycles. The van der Waals surface area contributed by atoms with Crippen LogP contribution in [0, 0.1) is 12.3 Å². The third kappa shape index (κ3) is 3.75. The van der Waals surface area contributed by atoms with Crippen molar-refractivity contribution < 1.29 is 34.3 Å². The van der Waals surface area contributed by atoms with E-state index in [2.05, 4.69) is 23.6 Å². The van der Waals surface area contributed by atoms with Gasteiger partial charge in [0.1, 0.15) is 5.84 Å². The Morgan fingerprint density at radius 2 is 1.96 bits per heavy atom. The maximum atomic E-state index is 12.1. The number of nitrogens with zero attached hydrogens (tertiary/aromatic N) is 1. The number of amidine groups is 1. The molecule has 2 aliphatic rings. The summed E-state index contributed by atoms with van der Waals surface area (Å²) in [5.41, 5.74) is 0.606. The molecule has 7 heteroatoms. The Morgan fingerprint density at radius 1 is 1.33 bits per heavy atom. The van der Waals surface area contributed by atoms with Gasteiger partial charge >= 0.3 is 0 Å². The van der Waals surface area contributed by atoms with Gasteiger partial charge in [-0.05, 0) is 36.8 Å². The van der Waals surface area contributed by atoms with Crippen molar-refractivity contribution in [3.05, 3.63) is 36.8 Å². The molecular weight excluding hydrogens is 496 g/mol. The van der Waals surface area contributed by atoms with Crippen LogP contribution in [0.3, 0.4) is 0 Å². The first-order valence-electron chi connectivity index (χ1n) is 7.87. The van der Waals surface area contributed by atoms with Crippen LogP contribution in [0.1, 0.15) is 44.6 Å². The van der Waals surface area contributed by atoms with Crippen LogP contribution in [0.4, 0.5) is 0 Å². The fraction of sp³-hybridized carbons (Fsp3) is 0.471. The zero-order valence-corrected chi connectivity index (χ0v) is 17.4. The van der Waals surface area contributed by atoms with E-state index < -0.39 is 16.1 Å². The monoisotopic (exact) mass is 517 g/mol. The standard InChI is InChI=1S/C17H21N2O3S.W/c1-12(20)14(11-17(2)9-5-6-10-17)18-16-13-7-3-4-8-15(13)23(21,22)19-16;/h3-4,7-8,14H,1,5-6,9-11H2,2H3,(H,18,19);/q-1;/t14-;/m0./s1. The number of carbonyl (C=O) groups is 1. The molecule has 0 radical (unpaired) electrons. The first kappa shape index (κ1) is 19.2. The van der Waals surface area contributed by atoms with E-state index in [9.17, 15) is 13.2 Å². The Kier molecular flexibility index (Phi) is 5.60. The van der Waals surface area contributed by atoms with Gasteiger partial charge in [0.05, 0.1) is 10.9 Å². The van der Waals surface area contributed by atoms with Crippen LogP contribution < -0.4 is 4.72 Å². The van der Waals surface area contributed by atoms with E-state index in [0.717, 1.165) is 12.8 Å². The van der Waals surface area contributed by atoms with Gasteiger partial charge in [0.15, 0.2) is 0 Å². The molecule has 1 aliphatic carbocycles. The van der Waals surface area contributed by atoms with E-state index >= 15 is 0 Å². The predicted molar refractivity (Wildman–Crippen MR) is 88.6 cm³/mol. The number of ketones is 1. The average molecular weight is 517 g/mol. The molecule has 0 aromatic heterocycles. The molecule has 0 unspecified atom stereocenters.